The van der Waals surface area contributed by atoms with Crippen LogP contribution < -0.4 is 5.63 Å². The standard InChI is InChI=1S/2C7H7FO.2C5H5.Zr/c2*8-5-6-1-3-7(9)4-2-6;2*1-2-4-5-3-1;/h2*1-4,9H,5H2;2*1-3H,4H2;/q;;;;+2/p-2. The summed E-state index contributed by atoms with van der Waals surface area (Å²) in [6, 6.07) is 14.2. The van der Waals surface area contributed by atoms with Crippen LogP contribution in [0.15, 0.2) is 91.5 Å². The third-order valence-corrected chi connectivity index (χ3v) is 13.6. The van der Waals surface area contributed by atoms with E-state index in [4.69, 9.17) is 5.63 Å². The number of benzene rings is 2. The van der Waals surface area contributed by atoms with Crippen molar-refractivity contribution in [1.82, 2.24) is 0 Å². The van der Waals surface area contributed by atoms with Gasteiger partial charge >= 0.3 is 176 Å². The van der Waals surface area contributed by atoms with Crippen LogP contribution in [-0.4, -0.2) is 0 Å². The van der Waals surface area contributed by atoms with Crippen LogP contribution in [-0.2, 0) is 34.5 Å². The zero-order valence-electron chi connectivity index (χ0n) is 16.0. The van der Waals surface area contributed by atoms with E-state index < -0.39 is 34.5 Å². The molecule has 4 rings (SSSR count). The molecule has 0 saturated carbocycles. The number of halogens is 2. The van der Waals surface area contributed by atoms with Crippen molar-refractivity contribution in [3.8, 4) is 11.5 Å². The van der Waals surface area contributed by atoms with Crippen molar-refractivity contribution in [2.45, 2.75) is 26.2 Å². The zero-order chi connectivity index (χ0) is 20.1. The van der Waals surface area contributed by atoms with E-state index in [1.807, 2.05) is 36.4 Å². The van der Waals surface area contributed by atoms with Crippen LogP contribution in [0.5, 0.6) is 11.5 Å². The number of alkyl halides is 2. The minimum absolute atomic E-state index is 0.504. The molecule has 0 fully saturated rings. The first-order valence-corrected chi connectivity index (χ1v) is 14.1. The summed E-state index contributed by atoms with van der Waals surface area (Å²) in [6.45, 7) is -1.01. The second kappa shape index (κ2) is 9.04. The summed E-state index contributed by atoms with van der Waals surface area (Å²) in [4.78, 5) is 0. The van der Waals surface area contributed by atoms with Crippen molar-refractivity contribution in [3.05, 3.63) is 103 Å². The fourth-order valence-corrected chi connectivity index (χ4v) is 11.7. The maximum atomic E-state index is 12.9. The SMILES string of the molecule is FCc1ccc([O][Zr]([O]c2ccc(CF)cc2)([C]2=CC=CC2)[C]2=CC=CC2)cc1. The third-order valence-electron chi connectivity index (χ3n) is 5.07. The molecule has 0 saturated heterocycles. The molecule has 5 heteroatoms. The average Bonchev–Trinajstić information content (AvgIpc) is 3.49. The quantitative estimate of drug-likeness (QED) is 0.424. The Kier molecular flexibility index (Phi) is 6.25. The molecule has 148 valence electrons. The van der Waals surface area contributed by atoms with Gasteiger partial charge in [-0.05, 0) is 0 Å². The second-order valence-corrected chi connectivity index (χ2v) is 14.2. The molecule has 2 nitrogen and oxygen atoms in total. The van der Waals surface area contributed by atoms with E-state index in [1.165, 1.54) is 6.56 Å². The molecular formula is C24H22F2O2Zr. The summed E-state index contributed by atoms with van der Waals surface area (Å²) in [5.74, 6) is 1.36. The van der Waals surface area contributed by atoms with Gasteiger partial charge in [0.25, 0.3) is 0 Å². The summed E-state index contributed by atoms with van der Waals surface area (Å²) < 4.78 is 41.6. The number of rotatable bonds is 8. The molecule has 0 bridgehead atoms. The minimum atomic E-state index is -4.04. The van der Waals surface area contributed by atoms with Crippen molar-refractivity contribution in [2.24, 2.45) is 0 Å². The van der Waals surface area contributed by atoms with Gasteiger partial charge in [-0.2, -0.15) is 0 Å². The van der Waals surface area contributed by atoms with E-state index in [0.717, 1.165) is 12.8 Å². The zero-order valence-corrected chi connectivity index (χ0v) is 18.4. The van der Waals surface area contributed by atoms with E-state index in [2.05, 4.69) is 24.3 Å². The first-order valence-electron chi connectivity index (χ1n) is 9.64. The molecule has 0 radical (unpaired) electrons. The predicted octanol–water partition coefficient (Wildman–Crippen LogP) is 6.75. The Balaban J connectivity index is 1.74. The normalized spacial score (nSPS) is 15.4. The van der Waals surface area contributed by atoms with Crippen LogP contribution in [0.4, 0.5) is 8.78 Å². The van der Waals surface area contributed by atoms with Crippen LogP contribution in [0.1, 0.15) is 24.0 Å². The fourth-order valence-electron chi connectivity index (χ4n) is 3.50. The fraction of sp³-hybridized carbons (Fsp3) is 0.167. The molecule has 0 amide bonds. The molecular weight excluding hydrogens is 449 g/mol. The summed E-state index contributed by atoms with van der Waals surface area (Å²) in [5.41, 5.74) is 1.23. The summed E-state index contributed by atoms with van der Waals surface area (Å²) in [5, 5.41) is 0. The van der Waals surface area contributed by atoms with Crippen molar-refractivity contribution in [1.29, 1.82) is 0 Å². The van der Waals surface area contributed by atoms with Gasteiger partial charge in [0, 0.05) is 0 Å². The van der Waals surface area contributed by atoms with E-state index in [0.29, 0.717) is 22.6 Å². The Hall–Kier alpha value is -2.26. The predicted molar refractivity (Wildman–Crippen MR) is 107 cm³/mol. The summed E-state index contributed by atoms with van der Waals surface area (Å²) in [7, 11) is 0. The monoisotopic (exact) mass is 470 g/mol. The van der Waals surface area contributed by atoms with Crippen LogP contribution in [0.3, 0.4) is 0 Å². The molecule has 0 unspecified atom stereocenters. The molecule has 0 heterocycles. The molecule has 0 N–H and O–H groups in total. The van der Waals surface area contributed by atoms with Gasteiger partial charge in [0.15, 0.2) is 0 Å². The Morgan fingerprint density at radius 3 is 1.38 bits per heavy atom. The van der Waals surface area contributed by atoms with E-state index in [-0.39, 0.29) is 0 Å². The van der Waals surface area contributed by atoms with E-state index in [9.17, 15) is 8.78 Å². The molecule has 0 aromatic heterocycles. The molecule has 2 aliphatic carbocycles. The molecule has 2 aromatic rings. The number of allylic oxidation sites excluding steroid dienone is 8. The van der Waals surface area contributed by atoms with Gasteiger partial charge < -0.3 is 0 Å². The van der Waals surface area contributed by atoms with Gasteiger partial charge in [-0.15, -0.1) is 0 Å². The number of hydrogen-bond acceptors (Lipinski definition) is 2. The van der Waals surface area contributed by atoms with Crippen molar-refractivity contribution < 1.29 is 35.6 Å². The van der Waals surface area contributed by atoms with Gasteiger partial charge in [-0.3, -0.25) is 0 Å². The van der Waals surface area contributed by atoms with Gasteiger partial charge in [-0.25, -0.2) is 0 Å². The van der Waals surface area contributed by atoms with Gasteiger partial charge in [0.05, 0.1) is 0 Å². The first kappa shape index (κ1) is 20.0. The molecule has 2 aromatic carbocycles. The van der Waals surface area contributed by atoms with Crippen molar-refractivity contribution >= 4 is 0 Å². The van der Waals surface area contributed by atoms with Gasteiger partial charge in [-0.1, -0.05) is 0 Å². The first-order chi connectivity index (χ1) is 14.2. The van der Waals surface area contributed by atoms with Crippen LogP contribution in [0.25, 0.3) is 0 Å². The van der Waals surface area contributed by atoms with Crippen LogP contribution in [0, 0.1) is 0 Å². The van der Waals surface area contributed by atoms with Gasteiger partial charge in [0.1, 0.15) is 0 Å². The average molecular weight is 472 g/mol. The van der Waals surface area contributed by atoms with E-state index >= 15 is 0 Å². The van der Waals surface area contributed by atoms with E-state index in [1.54, 1.807) is 24.3 Å². The Morgan fingerprint density at radius 1 is 0.655 bits per heavy atom. The molecule has 0 atom stereocenters. The number of hydrogen-bond donors (Lipinski definition) is 0. The Labute approximate surface area is 175 Å². The van der Waals surface area contributed by atoms with Crippen LogP contribution >= 0.6 is 0 Å². The molecule has 0 aliphatic heterocycles. The summed E-state index contributed by atoms with van der Waals surface area (Å²) in [6.07, 6.45) is 14.1. The topological polar surface area (TPSA) is 18.5 Å². The Morgan fingerprint density at radius 2 is 1.07 bits per heavy atom. The molecule has 29 heavy (non-hydrogen) atoms. The molecule has 2 aliphatic rings. The Bertz CT molecular complexity index is 891. The van der Waals surface area contributed by atoms with Crippen molar-refractivity contribution in [2.75, 3.05) is 0 Å². The van der Waals surface area contributed by atoms with Crippen molar-refractivity contribution in [3.63, 3.8) is 0 Å². The maximum absolute atomic E-state index is 12.9. The molecule has 0 spiro atoms. The summed E-state index contributed by atoms with van der Waals surface area (Å²) >= 11 is -4.04. The van der Waals surface area contributed by atoms with Gasteiger partial charge in [0.2, 0.25) is 0 Å². The second-order valence-electron chi connectivity index (χ2n) is 7.02. The van der Waals surface area contributed by atoms with Crippen LogP contribution in [0.2, 0.25) is 0 Å². The third kappa shape index (κ3) is 4.35.